The van der Waals surface area contributed by atoms with E-state index in [1.807, 2.05) is 6.92 Å². The molecule has 0 spiro atoms. The number of carboxylic acids is 1. The molecule has 0 radical (unpaired) electrons. The van der Waals surface area contributed by atoms with Crippen LogP contribution in [0.15, 0.2) is 0 Å². The van der Waals surface area contributed by atoms with E-state index in [-0.39, 0.29) is 24.8 Å². The average Bonchev–Trinajstić information content (AvgIpc) is 2.27. The van der Waals surface area contributed by atoms with Crippen LogP contribution in [0.1, 0.15) is 32.6 Å². The van der Waals surface area contributed by atoms with Gasteiger partial charge in [-0.2, -0.15) is 0 Å². The molecule has 0 bridgehead atoms. The van der Waals surface area contributed by atoms with E-state index in [1.54, 1.807) is 14.1 Å². The number of rotatable bonds is 8. The van der Waals surface area contributed by atoms with Crippen LogP contribution in [0.3, 0.4) is 0 Å². The summed E-state index contributed by atoms with van der Waals surface area (Å²) in [7, 11) is 3.33. The highest BCUT2D eigenvalue weighted by Crippen LogP contribution is 2.03. The zero-order chi connectivity index (χ0) is 14.1. The number of carbonyl (C=O) groups is 3. The van der Waals surface area contributed by atoms with Gasteiger partial charge in [0.1, 0.15) is 6.54 Å². The Morgan fingerprint density at radius 3 is 2.06 bits per heavy atom. The van der Waals surface area contributed by atoms with Gasteiger partial charge in [0.25, 0.3) is 0 Å². The van der Waals surface area contributed by atoms with E-state index in [4.69, 9.17) is 5.11 Å². The molecule has 18 heavy (non-hydrogen) atoms. The topological polar surface area (TPSA) is 77.9 Å². The highest BCUT2D eigenvalue weighted by atomic mass is 16.4. The van der Waals surface area contributed by atoms with Crippen molar-refractivity contribution in [1.82, 2.24) is 9.80 Å². The molecule has 0 heterocycles. The first-order valence-electron chi connectivity index (χ1n) is 6.08. The fourth-order valence-corrected chi connectivity index (χ4v) is 1.50. The number of aliphatic carboxylic acids is 1. The van der Waals surface area contributed by atoms with Crippen molar-refractivity contribution in [2.75, 3.05) is 27.2 Å². The molecule has 0 aliphatic carbocycles. The van der Waals surface area contributed by atoms with Gasteiger partial charge in [0.15, 0.2) is 0 Å². The molecule has 0 atom stereocenters. The van der Waals surface area contributed by atoms with Crippen molar-refractivity contribution in [3.8, 4) is 0 Å². The molecule has 0 saturated carbocycles. The summed E-state index contributed by atoms with van der Waals surface area (Å²) in [6, 6.07) is 0. The largest absolute Gasteiger partial charge is 0.480 e. The molecule has 0 aromatic carbocycles. The molecule has 0 aliphatic heterocycles. The summed E-state index contributed by atoms with van der Waals surface area (Å²) >= 11 is 0. The van der Waals surface area contributed by atoms with E-state index in [0.29, 0.717) is 19.4 Å². The second-order valence-electron chi connectivity index (χ2n) is 4.35. The number of carboxylic acid groups (broad SMARTS) is 1. The molecule has 0 aromatic heterocycles. The van der Waals surface area contributed by atoms with E-state index in [2.05, 4.69) is 0 Å². The minimum Gasteiger partial charge on any atom is -0.480 e. The third-order valence-electron chi connectivity index (χ3n) is 2.45. The normalized spacial score (nSPS) is 9.94. The summed E-state index contributed by atoms with van der Waals surface area (Å²) in [4.78, 5) is 36.5. The number of hydrogen-bond donors (Lipinski definition) is 1. The number of carbonyl (C=O) groups excluding carboxylic acids is 2. The number of amides is 2. The van der Waals surface area contributed by atoms with Crippen LogP contribution in [0.5, 0.6) is 0 Å². The lowest BCUT2D eigenvalue weighted by Gasteiger charge is -2.20. The van der Waals surface area contributed by atoms with Crippen LogP contribution in [0.4, 0.5) is 0 Å². The predicted octanol–water partition coefficient (Wildman–Crippen LogP) is 0.568. The monoisotopic (exact) mass is 258 g/mol. The van der Waals surface area contributed by atoms with E-state index in [0.717, 1.165) is 6.42 Å². The van der Waals surface area contributed by atoms with E-state index >= 15 is 0 Å². The minimum atomic E-state index is -1.01. The predicted molar refractivity (Wildman–Crippen MR) is 67.1 cm³/mol. The quantitative estimate of drug-likeness (QED) is 0.690. The smallest absolute Gasteiger partial charge is 0.323 e. The Hall–Kier alpha value is -1.59. The van der Waals surface area contributed by atoms with Crippen molar-refractivity contribution in [3.05, 3.63) is 0 Å². The molecule has 0 aliphatic rings. The highest BCUT2D eigenvalue weighted by molar-refractivity contribution is 5.82. The van der Waals surface area contributed by atoms with Crippen molar-refractivity contribution < 1.29 is 19.5 Å². The van der Waals surface area contributed by atoms with Gasteiger partial charge in [0, 0.05) is 33.5 Å². The van der Waals surface area contributed by atoms with Crippen molar-refractivity contribution in [3.63, 3.8) is 0 Å². The van der Waals surface area contributed by atoms with Gasteiger partial charge in [-0.25, -0.2) is 0 Å². The zero-order valence-electron chi connectivity index (χ0n) is 11.3. The van der Waals surface area contributed by atoms with Crippen LogP contribution in [0.25, 0.3) is 0 Å². The molecule has 6 heteroatoms. The first-order valence-corrected chi connectivity index (χ1v) is 6.08. The maximum absolute atomic E-state index is 11.8. The van der Waals surface area contributed by atoms with E-state index in [9.17, 15) is 14.4 Å². The molecule has 104 valence electrons. The third kappa shape index (κ3) is 6.88. The van der Waals surface area contributed by atoms with Gasteiger partial charge in [-0.15, -0.1) is 0 Å². The second kappa shape index (κ2) is 8.49. The van der Waals surface area contributed by atoms with Crippen LogP contribution in [-0.4, -0.2) is 59.9 Å². The molecule has 0 saturated heterocycles. The van der Waals surface area contributed by atoms with Gasteiger partial charge in [0.05, 0.1) is 0 Å². The first kappa shape index (κ1) is 16.4. The molecular weight excluding hydrogens is 236 g/mol. The van der Waals surface area contributed by atoms with Crippen LogP contribution in [0, 0.1) is 0 Å². The minimum absolute atomic E-state index is 0.0249. The molecule has 0 unspecified atom stereocenters. The molecule has 0 rings (SSSR count). The fourth-order valence-electron chi connectivity index (χ4n) is 1.50. The lowest BCUT2D eigenvalue weighted by atomic mass is 10.2. The average molecular weight is 258 g/mol. The van der Waals surface area contributed by atoms with Gasteiger partial charge >= 0.3 is 5.97 Å². The Morgan fingerprint density at radius 2 is 1.61 bits per heavy atom. The zero-order valence-corrected chi connectivity index (χ0v) is 11.3. The summed E-state index contributed by atoms with van der Waals surface area (Å²) in [6.45, 7) is 2.05. The molecule has 0 fully saturated rings. The summed E-state index contributed by atoms with van der Waals surface area (Å²) in [5.41, 5.74) is 0. The maximum Gasteiger partial charge on any atom is 0.323 e. The Labute approximate surface area is 108 Å². The van der Waals surface area contributed by atoms with Crippen molar-refractivity contribution in [2.45, 2.75) is 32.6 Å². The molecular formula is C12H22N2O4. The molecule has 6 nitrogen and oxygen atoms in total. The fraction of sp³-hybridized carbons (Fsp3) is 0.750. The van der Waals surface area contributed by atoms with Gasteiger partial charge in [-0.3, -0.25) is 14.4 Å². The van der Waals surface area contributed by atoms with Crippen LogP contribution >= 0.6 is 0 Å². The Bertz CT molecular complexity index is 302. The van der Waals surface area contributed by atoms with Crippen LogP contribution in [0.2, 0.25) is 0 Å². The molecule has 0 aromatic rings. The van der Waals surface area contributed by atoms with E-state index in [1.165, 1.54) is 9.80 Å². The molecule has 1 N–H and O–H groups in total. The standard InChI is InChI=1S/C12H22N2O4/c1-4-8-14(9-12(17)18)11(16)7-5-6-10(15)13(2)3/h4-9H2,1-3H3,(H,17,18). The Kier molecular flexibility index (Phi) is 7.74. The van der Waals surface area contributed by atoms with Crippen molar-refractivity contribution in [1.29, 1.82) is 0 Å². The number of nitrogens with zero attached hydrogens (tertiary/aromatic N) is 2. The summed E-state index contributed by atoms with van der Waals surface area (Å²) in [5, 5.41) is 8.69. The van der Waals surface area contributed by atoms with Crippen LogP contribution in [-0.2, 0) is 14.4 Å². The van der Waals surface area contributed by atoms with Crippen molar-refractivity contribution in [2.24, 2.45) is 0 Å². The Morgan fingerprint density at radius 1 is 1.06 bits per heavy atom. The lowest BCUT2D eigenvalue weighted by molar-refractivity contribution is -0.144. The summed E-state index contributed by atoms with van der Waals surface area (Å²) < 4.78 is 0. The van der Waals surface area contributed by atoms with Gasteiger partial charge < -0.3 is 14.9 Å². The first-order chi connectivity index (χ1) is 8.38. The highest BCUT2D eigenvalue weighted by Gasteiger charge is 2.16. The van der Waals surface area contributed by atoms with Gasteiger partial charge in [-0.1, -0.05) is 6.92 Å². The third-order valence-corrected chi connectivity index (χ3v) is 2.45. The summed E-state index contributed by atoms with van der Waals surface area (Å²) in [6.07, 6.45) is 1.70. The van der Waals surface area contributed by atoms with Crippen molar-refractivity contribution >= 4 is 17.8 Å². The Balaban J connectivity index is 4.10. The SMILES string of the molecule is CCCN(CC(=O)O)C(=O)CCCC(=O)N(C)C. The van der Waals surface area contributed by atoms with Gasteiger partial charge in [0.2, 0.25) is 11.8 Å². The lowest BCUT2D eigenvalue weighted by Crippen LogP contribution is -2.36. The van der Waals surface area contributed by atoms with Gasteiger partial charge in [-0.05, 0) is 12.8 Å². The summed E-state index contributed by atoms with van der Waals surface area (Å²) in [5.74, 6) is -1.24. The van der Waals surface area contributed by atoms with E-state index < -0.39 is 5.97 Å². The second-order valence-corrected chi connectivity index (χ2v) is 4.35. The number of hydrogen-bond acceptors (Lipinski definition) is 3. The van der Waals surface area contributed by atoms with Crippen LogP contribution < -0.4 is 0 Å². The molecule has 2 amide bonds. The maximum atomic E-state index is 11.8.